The number of rotatable bonds is 1. The molecule has 0 amide bonds. The third-order valence-corrected chi connectivity index (χ3v) is 9.47. The van der Waals surface area contributed by atoms with Gasteiger partial charge < -0.3 is 0 Å². The van der Waals surface area contributed by atoms with Gasteiger partial charge in [0.15, 0.2) is 0 Å². The fourth-order valence-corrected chi connectivity index (χ4v) is 6.97. The molecule has 3 heteroatoms. The maximum absolute atomic E-state index is 4.73. The van der Waals surface area contributed by atoms with Crippen molar-refractivity contribution < 1.29 is 18.2 Å². The number of halogens is 1. The van der Waals surface area contributed by atoms with Crippen LogP contribution in [-0.4, -0.2) is 10.3 Å². The van der Waals surface area contributed by atoms with Gasteiger partial charge in [-0.3, -0.25) is 0 Å². The summed E-state index contributed by atoms with van der Waals surface area (Å²) >= 11 is 2.22. The van der Waals surface area contributed by atoms with Crippen molar-refractivity contribution in [1.82, 2.24) is 0 Å². The molecule has 0 aromatic heterocycles. The Bertz CT molecular complexity index is 388. The van der Waals surface area contributed by atoms with Gasteiger partial charge in [-0.2, -0.15) is 6.66 Å². The van der Waals surface area contributed by atoms with E-state index in [1.54, 1.807) is 0 Å². The van der Waals surface area contributed by atoms with Gasteiger partial charge in [-0.15, -0.1) is 0 Å². The maximum atomic E-state index is 4.73. The van der Waals surface area contributed by atoms with Crippen LogP contribution < -0.4 is 5.30 Å². The zero-order valence-corrected chi connectivity index (χ0v) is 16.4. The molecule has 112 valence electrons. The first kappa shape index (κ1) is 19.6. The van der Waals surface area contributed by atoms with Gasteiger partial charge in [-0.05, 0) is 66.2 Å². The van der Waals surface area contributed by atoms with Crippen LogP contribution in [0.3, 0.4) is 0 Å². The zero-order valence-electron chi connectivity index (χ0n) is 13.2. The molecule has 0 N–H and O–H groups in total. The topological polar surface area (TPSA) is 0 Å². The normalized spacial score (nSPS) is 12.8. The van der Waals surface area contributed by atoms with Crippen LogP contribution in [0.2, 0.25) is 0 Å². The molecule has 1 rings (SSSR count). The van der Waals surface area contributed by atoms with E-state index in [4.69, 9.17) is 6.66 Å². The summed E-state index contributed by atoms with van der Waals surface area (Å²) in [6.45, 7) is 20.9. The van der Waals surface area contributed by atoms with Crippen LogP contribution in [0.25, 0.3) is 0 Å². The molecule has 0 spiro atoms. The zero-order chi connectivity index (χ0) is 15.5. The first-order valence-corrected chi connectivity index (χ1v) is 10.4. The molecule has 0 fully saturated rings. The Morgan fingerprint density at radius 3 is 1.74 bits per heavy atom. The van der Waals surface area contributed by atoms with E-state index >= 15 is 0 Å². The standard InChI is InChI=1S/C16H27P.ClH.Pd/c1-13-10-9-11-14(12-13)17(8,15(2,3)4)16(5,6)7;;/h9-12H,8H2,1-7H3;1H;/q;;+2/p-1. The van der Waals surface area contributed by atoms with Crippen LogP contribution in [0, 0.1) is 13.6 Å². The Morgan fingerprint density at radius 1 is 1.00 bits per heavy atom. The van der Waals surface area contributed by atoms with Crippen molar-refractivity contribution in [1.29, 1.82) is 0 Å². The van der Waals surface area contributed by atoms with Crippen molar-refractivity contribution in [3.8, 4) is 0 Å². The second-order valence-corrected chi connectivity index (χ2v) is 11.8. The molecule has 0 bridgehead atoms. The first-order valence-electron chi connectivity index (χ1n) is 6.43. The van der Waals surface area contributed by atoms with Crippen LogP contribution in [0.1, 0.15) is 47.1 Å². The summed E-state index contributed by atoms with van der Waals surface area (Å²) in [5.41, 5.74) is 1.34. The fourth-order valence-electron chi connectivity index (χ4n) is 2.65. The molecule has 0 nitrogen and oxygen atoms in total. The van der Waals surface area contributed by atoms with Gasteiger partial charge in [0.1, 0.15) is 0 Å². The van der Waals surface area contributed by atoms with Gasteiger partial charge in [0.05, 0.1) is 15.6 Å². The Labute approximate surface area is 135 Å². The van der Waals surface area contributed by atoms with Crippen molar-refractivity contribution >= 4 is 22.1 Å². The van der Waals surface area contributed by atoms with E-state index in [1.807, 2.05) is 0 Å². The third kappa shape index (κ3) is 4.28. The molecular formula is C16H27ClPPd+. The fraction of sp³-hybridized carbons (Fsp3) is 0.562. The van der Waals surface area contributed by atoms with E-state index in [1.165, 1.54) is 10.9 Å². The summed E-state index contributed by atoms with van der Waals surface area (Å²) in [5, 5.41) is 1.93. The molecule has 1 aromatic rings. The van der Waals surface area contributed by atoms with Crippen LogP contribution in [-0.2, 0) is 18.2 Å². The van der Waals surface area contributed by atoms with E-state index in [0.717, 1.165) is 0 Å². The molecule has 0 aliphatic carbocycles. The second-order valence-electron chi connectivity index (χ2n) is 6.99. The number of hydrogen-bond donors (Lipinski definition) is 0. The van der Waals surface area contributed by atoms with E-state index in [0.29, 0.717) is 0 Å². The van der Waals surface area contributed by atoms with E-state index in [9.17, 15) is 0 Å². The summed E-state index contributed by atoms with van der Waals surface area (Å²) in [5.74, 6) is 0. The van der Waals surface area contributed by atoms with Crippen LogP contribution in [0.15, 0.2) is 24.3 Å². The van der Waals surface area contributed by atoms with Crippen LogP contribution >= 0.6 is 16.8 Å². The third-order valence-electron chi connectivity index (χ3n) is 3.73. The Morgan fingerprint density at radius 2 is 1.42 bits per heavy atom. The van der Waals surface area contributed by atoms with Crippen molar-refractivity contribution in [2.24, 2.45) is 0 Å². The molecule has 0 unspecified atom stereocenters. The van der Waals surface area contributed by atoms with Crippen molar-refractivity contribution in [2.45, 2.75) is 58.8 Å². The molecule has 1 aromatic carbocycles. The quantitative estimate of drug-likeness (QED) is 0.326. The van der Waals surface area contributed by atoms with Crippen molar-refractivity contribution in [3.05, 3.63) is 36.5 Å². The number of aryl methyl sites for hydroxylation is 1. The molecule has 0 saturated carbocycles. The second kappa shape index (κ2) is 7.05. The summed E-state index contributed by atoms with van der Waals surface area (Å²) in [6, 6.07) is 8.93. The molecule has 0 heterocycles. The van der Waals surface area contributed by atoms with E-state index < -0.39 is 7.26 Å². The molecule has 0 saturated heterocycles. The first-order chi connectivity index (χ1) is 8.50. The molecule has 19 heavy (non-hydrogen) atoms. The Balaban J connectivity index is 0.00000154. The van der Waals surface area contributed by atoms with Gasteiger partial charge in [0.2, 0.25) is 0 Å². The molecular weight excluding hydrogens is 365 g/mol. The predicted octanol–water partition coefficient (Wildman–Crippen LogP) is 5.71. The van der Waals surface area contributed by atoms with Crippen LogP contribution in [0.4, 0.5) is 0 Å². The van der Waals surface area contributed by atoms with Gasteiger partial charge >= 0.3 is 27.7 Å². The van der Waals surface area contributed by atoms with Crippen molar-refractivity contribution in [2.75, 3.05) is 0 Å². The van der Waals surface area contributed by atoms with E-state index in [2.05, 4.69) is 100 Å². The Hall–Kier alpha value is 0.602. The summed E-state index contributed by atoms with van der Waals surface area (Å²) in [4.78, 5) is 0. The average Bonchev–Trinajstić information content (AvgIpc) is 2.27. The predicted molar refractivity (Wildman–Crippen MR) is 88.4 cm³/mol. The van der Waals surface area contributed by atoms with Gasteiger partial charge in [0.25, 0.3) is 0 Å². The minimum atomic E-state index is -1.47. The molecule has 0 aliphatic rings. The monoisotopic (exact) mass is 391 g/mol. The van der Waals surface area contributed by atoms with Crippen molar-refractivity contribution in [3.63, 3.8) is 0 Å². The molecule has 0 aliphatic heterocycles. The van der Waals surface area contributed by atoms with Crippen LogP contribution in [0.5, 0.6) is 0 Å². The number of hydrogen-bond acceptors (Lipinski definition) is 0. The van der Waals surface area contributed by atoms with Gasteiger partial charge in [-0.25, -0.2) is 0 Å². The Kier molecular flexibility index (Phi) is 7.27. The average molecular weight is 392 g/mol. The van der Waals surface area contributed by atoms with E-state index in [-0.39, 0.29) is 10.3 Å². The number of benzene rings is 1. The SMILES string of the molecule is [CH2-][P+](c1cccc(C)c1)(C(C)(C)C)C(C)(C)C.[Cl][Pd+]. The molecule has 0 radical (unpaired) electrons. The minimum absolute atomic E-state index is 0.235. The van der Waals surface area contributed by atoms with Gasteiger partial charge in [0, 0.05) is 0 Å². The summed E-state index contributed by atoms with van der Waals surface area (Å²) in [6.07, 6.45) is 0. The summed E-state index contributed by atoms with van der Waals surface area (Å²) in [7, 11) is 3.02. The summed E-state index contributed by atoms with van der Waals surface area (Å²) < 4.78 is 0. The molecule has 0 atom stereocenters. The van der Waals surface area contributed by atoms with Gasteiger partial charge in [-0.1, -0.05) is 19.4 Å².